The first-order valence-electron chi connectivity index (χ1n) is 4.36. The van der Waals surface area contributed by atoms with Gasteiger partial charge in [0.05, 0.1) is 0 Å². The average Bonchev–Trinajstić information content (AvgIpc) is 2.10. The third-order valence-corrected chi connectivity index (χ3v) is 1.73. The maximum absolute atomic E-state index is 12.1. The Kier molecular flexibility index (Phi) is 4.67. The van der Waals surface area contributed by atoms with Crippen LogP contribution in [0.5, 0.6) is 0 Å². The van der Waals surface area contributed by atoms with E-state index in [2.05, 4.69) is 6.58 Å². The summed E-state index contributed by atoms with van der Waals surface area (Å²) in [6.45, 7) is 5.37. The van der Waals surface area contributed by atoms with Gasteiger partial charge in [0.1, 0.15) is 6.54 Å². The van der Waals surface area contributed by atoms with Gasteiger partial charge in [-0.05, 0) is 6.42 Å². The second-order valence-electron chi connectivity index (χ2n) is 2.87. The molecular formula is C9H14F3NO. The van der Waals surface area contributed by atoms with Crippen molar-refractivity contribution < 1.29 is 18.0 Å². The van der Waals surface area contributed by atoms with E-state index in [4.69, 9.17) is 0 Å². The lowest BCUT2D eigenvalue weighted by Gasteiger charge is -2.24. The zero-order valence-corrected chi connectivity index (χ0v) is 8.32. The zero-order chi connectivity index (χ0) is 11.4. The van der Waals surface area contributed by atoms with Crippen LogP contribution in [0.2, 0.25) is 0 Å². The van der Waals surface area contributed by atoms with Gasteiger partial charge in [-0.15, -0.1) is 0 Å². The summed E-state index contributed by atoms with van der Waals surface area (Å²) in [6.07, 6.45) is -3.99. The highest BCUT2D eigenvalue weighted by Crippen LogP contribution is 2.20. The molecule has 0 heterocycles. The molecule has 82 valence electrons. The number of hydrogen-bond donors (Lipinski definition) is 0. The van der Waals surface area contributed by atoms with Gasteiger partial charge in [0.2, 0.25) is 5.91 Å². The Hall–Kier alpha value is -1.00. The van der Waals surface area contributed by atoms with E-state index >= 15 is 0 Å². The highest BCUT2D eigenvalue weighted by atomic mass is 19.4. The number of halogens is 3. The van der Waals surface area contributed by atoms with Crippen LogP contribution < -0.4 is 0 Å². The molecule has 0 bridgehead atoms. The van der Waals surface area contributed by atoms with Crippen molar-refractivity contribution >= 4 is 5.91 Å². The van der Waals surface area contributed by atoms with E-state index in [0.29, 0.717) is 11.3 Å². The molecule has 0 radical (unpaired) electrons. The molecule has 0 aliphatic heterocycles. The topological polar surface area (TPSA) is 20.3 Å². The van der Waals surface area contributed by atoms with Crippen molar-refractivity contribution in [2.45, 2.75) is 32.9 Å². The van der Waals surface area contributed by atoms with E-state index in [1.165, 1.54) is 6.92 Å². The monoisotopic (exact) mass is 209 g/mol. The molecule has 0 aromatic carbocycles. The molecule has 0 aliphatic carbocycles. The number of alkyl halides is 3. The van der Waals surface area contributed by atoms with E-state index < -0.39 is 18.6 Å². The predicted molar refractivity (Wildman–Crippen MR) is 47.5 cm³/mol. The minimum atomic E-state index is -4.37. The molecule has 0 spiro atoms. The van der Waals surface area contributed by atoms with Crippen LogP contribution in [0.15, 0.2) is 12.3 Å². The third kappa shape index (κ3) is 4.30. The largest absolute Gasteiger partial charge is 0.406 e. The maximum Gasteiger partial charge on any atom is 0.406 e. The van der Waals surface area contributed by atoms with E-state index in [-0.39, 0.29) is 12.1 Å². The van der Waals surface area contributed by atoms with E-state index in [0.717, 1.165) is 0 Å². The van der Waals surface area contributed by atoms with Crippen LogP contribution in [0.25, 0.3) is 0 Å². The van der Waals surface area contributed by atoms with E-state index in [1.807, 2.05) is 0 Å². The van der Waals surface area contributed by atoms with Crippen LogP contribution in [0.1, 0.15) is 26.7 Å². The van der Waals surface area contributed by atoms with Gasteiger partial charge in [-0.2, -0.15) is 13.2 Å². The quantitative estimate of drug-likeness (QED) is 0.697. The number of carbonyl (C=O) groups excluding carboxylic acids is 1. The summed E-state index contributed by atoms with van der Waals surface area (Å²) >= 11 is 0. The average molecular weight is 209 g/mol. The first-order valence-corrected chi connectivity index (χ1v) is 4.36. The first kappa shape index (κ1) is 13.0. The Morgan fingerprint density at radius 1 is 1.29 bits per heavy atom. The van der Waals surface area contributed by atoms with Crippen LogP contribution in [-0.4, -0.2) is 23.5 Å². The standard InChI is InChI=1S/C9H14F3NO/c1-4-7(3)13(8(14)5-2)6-9(10,11)12/h3-6H2,1-2H3. The van der Waals surface area contributed by atoms with Gasteiger partial charge in [-0.25, -0.2) is 0 Å². The number of allylic oxidation sites excluding steroid dienone is 1. The number of hydrogen-bond acceptors (Lipinski definition) is 1. The molecule has 1 amide bonds. The Morgan fingerprint density at radius 3 is 2.07 bits per heavy atom. The first-order chi connectivity index (χ1) is 6.31. The number of nitrogens with zero attached hydrogens (tertiary/aromatic N) is 1. The SMILES string of the molecule is C=C(CC)N(CC(F)(F)F)C(=O)CC. The molecule has 14 heavy (non-hydrogen) atoms. The van der Waals surface area contributed by atoms with Crippen LogP contribution in [0, 0.1) is 0 Å². The predicted octanol–water partition coefficient (Wildman–Crippen LogP) is 2.71. The lowest BCUT2D eigenvalue weighted by Crippen LogP contribution is -2.37. The van der Waals surface area contributed by atoms with Gasteiger partial charge in [0.25, 0.3) is 0 Å². The number of rotatable bonds is 4. The van der Waals surface area contributed by atoms with Crippen molar-refractivity contribution in [3.63, 3.8) is 0 Å². The van der Waals surface area contributed by atoms with Crippen molar-refractivity contribution in [1.82, 2.24) is 4.90 Å². The van der Waals surface area contributed by atoms with Gasteiger partial charge in [0.15, 0.2) is 0 Å². The molecule has 0 aliphatic rings. The van der Waals surface area contributed by atoms with Crippen LogP contribution >= 0.6 is 0 Å². The molecule has 2 nitrogen and oxygen atoms in total. The van der Waals surface area contributed by atoms with E-state index in [1.54, 1.807) is 6.92 Å². The number of amides is 1. The van der Waals surface area contributed by atoms with Crippen LogP contribution in [0.4, 0.5) is 13.2 Å². The second kappa shape index (κ2) is 5.02. The summed E-state index contributed by atoms with van der Waals surface area (Å²) < 4.78 is 36.2. The molecule has 0 rings (SSSR count). The Bertz CT molecular complexity index is 207. The minimum absolute atomic E-state index is 0.0507. The van der Waals surface area contributed by atoms with Gasteiger partial charge >= 0.3 is 6.18 Å². The van der Waals surface area contributed by atoms with Crippen molar-refractivity contribution in [1.29, 1.82) is 0 Å². The van der Waals surface area contributed by atoms with Gasteiger partial charge in [-0.1, -0.05) is 20.4 Å². The fourth-order valence-electron chi connectivity index (χ4n) is 0.937. The summed E-state index contributed by atoms with van der Waals surface area (Å²) in [4.78, 5) is 11.8. The molecule has 0 aromatic heterocycles. The summed E-state index contributed by atoms with van der Waals surface area (Å²) in [5.41, 5.74) is 0.203. The summed E-state index contributed by atoms with van der Waals surface area (Å²) in [5.74, 6) is -0.547. The molecule has 0 fully saturated rings. The molecule has 0 saturated carbocycles. The zero-order valence-electron chi connectivity index (χ0n) is 8.32. The van der Waals surface area contributed by atoms with Crippen molar-refractivity contribution in [3.05, 3.63) is 12.3 Å². The second-order valence-corrected chi connectivity index (χ2v) is 2.87. The summed E-state index contributed by atoms with van der Waals surface area (Å²) in [6, 6.07) is 0. The molecular weight excluding hydrogens is 195 g/mol. The highest BCUT2D eigenvalue weighted by molar-refractivity contribution is 5.77. The lowest BCUT2D eigenvalue weighted by molar-refractivity contribution is -0.157. The van der Waals surface area contributed by atoms with Crippen LogP contribution in [0.3, 0.4) is 0 Å². The Balaban J connectivity index is 4.57. The Morgan fingerprint density at radius 2 is 1.79 bits per heavy atom. The van der Waals surface area contributed by atoms with Gasteiger partial charge in [0, 0.05) is 12.1 Å². The Labute approximate surface area is 81.4 Å². The molecule has 0 saturated heterocycles. The van der Waals surface area contributed by atoms with Crippen molar-refractivity contribution in [2.75, 3.05) is 6.54 Å². The molecule has 0 N–H and O–H groups in total. The van der Waals surface area contributed by atoms with Crippen molar-refractivity contribution in [3.8, 4) is 0 Å². The summed E-state index contributed by atoms with van der Waals surface area (Å²) in [5, 5.41) is 0. The van der Waals surface area contributed by atoms with E-state index in [9.17, 15) is 18.0 Å². The fourth-order valence-corrected chi connectivity index (χ4v) is 0.937. The van der Waals surface area contributed by atoms with Gasteiger partial charge in [-0.3, -0.25) is 4.79 Å². The molecule has 0 aromatic rings. The molecule has 0 atom stereocenters. The summed E-state index contributed by atoms with van der Waals surface area (Å²) in [7, 11) is 0. The van der Waals surface area contributed by atoms with Crippen molar-refractivity contribution in [2.24, 2.45) is 0 Å². The number of carbonyl (C=O) groups is 1. The fraction of sp³-hybridized carbons (Fsp3) is 0.667. The highest BCUT2D eigenvalue weighted by Gasteiger charge is 2.33. The third-order valence-electron chi connectivity index (χ3n) is 1.73. The smallest absolute Gasteiger partial charge is 0.308 e. The van der Waals surface area contributed by atoms with Gasteiger partial charge < -0.3 is 4.90 Å². The normalized spacial score (nSPS) is 11.2. The lowest BCUT2D eigenvalue weighted by atomic mass is 10.3. The minimum Gasteiger partial charge on any atom is -0.308 e. The molecule has 5 heteroatoms. The maximum atomic E-state index is 12.1. The van der Waals surface area contributed by atoms with Crippen LogP contribution in [-0.2, 0) is 4.79 Å². The molecule has 0 unspecified atom stereocenters.